The van der Waals surface area contributed by atoms with Gasteiger partial charge in [0.15, 0.2) is 0 Å². The van der Waals surface area contributed by atoms with Crippen molar-refractivity contribution in [1.29, 1.82) is 0 Å². The van der Waals surface area contributed by atoms with Gasteiger partial charge in [0.2, 0.25) is 0 Å². The number of hydrogen-bond acceptors (Lipinski definition) is 1. The van der Waals surface area contributed by atoms with Gasteiger partial charge in [-0.05, 0) is 6.42 Å². The Labute approximate surface area is 152 Å². The highest BCUT2D eigenvalue weighted by Crippen LogP contribution is 2.12. The molecule has 0 atom stereocenters. The van der Waals surface area contributed by atoms with E-state index in [0.29, 0.717) is 0 Å². The van der Waals surface area contributed by atoms with Crippen LogP contribution in [0.15, 0.2) is 0 Å². The summed E-state index contributed by atoms with van der Waals surface area (Å²) >= 11 is 0. The summed E-state index contributed by atoms with van der Waals surface area (Å²) in [7, 11) is 8.11. The molecule has 0 saturated heterocycles. The molecule has 0 aromatic rings. The van der Waals surface area contributed by atoms with E-state index in [1.54, 1.807) is 0 Å². The first kappa shape index (κ1) is 23.3. The molecule has 0 aromatic heterocycles. The summed E-state index contributed by atoms with van der Waals surface area (Å²) in [6, 6.07) is 0.949. The fraction of sp³-hybridized carbons (Fsp3) is 0.952. The van der Waals surface area contributed by atoms with Crippen LogP contribution in [-0.4, -0.2) is 50.3 Å². The Morgan fingerprint density at radius 3 is 1.38 bits per heavy atom. The Morgan fingerprint density at radius 1 is 0.667 bits per heavy atom. The Hall–Kier alpha value is -0.730. The second kappa shape index (κ2) is 17.1. The van der Waals surface area contributed by atoms with Gasteiger partial charge < -0.3 is 4.74 Å². The lowest BCUT2D eigenvalue weighted by Crippen LogP contribution is -2.32. The molecule has 144 valence electrons. The highest BCUT2D eigenvalue weighted by atomic mass is 16.5. The average molecular weight is 342 g/mol. The molecule has 3 heteroatoms. The minimum absolute atomic E-state index is 0.837. The van der Waals surface area contributed by atoms with Gasteiger partial charge in [-0.15, -0.1) is 0 Å². The van der Waals surface area contributed by atoms with Gasteiger partial charge in [0.25, 0.3) is 0 Å². The van der Waals surface area contributed by atoms with Crippen molar-refractivity contribution in [2.24, 2.45) is 0 Å². The summed E-state index contributed by atoms with van der Waals surface area (Å²) in [6.07, 6.45) is 19.6. The van der Waals surface area contributed by atoms with E-state index >= 15 is 0 Å². The summed E-state index contributed by atoms with van der Waals surface area (Å²) < 4.78 is 7.87. The van der Waals surface area contributed by atoms with Gasteiger partial charge >= 0.3 is 6.02 Å². The number of rotatable bonds is 15. The van der Waals surface area contributed by atoms with E-state index in [4.69, 9.17) is 4.74 Å². The van der Waals surface area contributed by atoms with Gasteiger partial charge in [0.05, 0.1) is 34.8 Å². The number of ether oxygens (including phenoxy) is 1. The van der Waals surface area contributed by atoms with E-state index in [1.165, 1.54) is 89.9 Å². The zero-order valence-corrected chi connectivity index (χ0v) is 17.4. The third-order valence-electron chi connectivity index (χ3n) is 4.49. The minimum atomic E-state index is 0.837. The molecule has 0 bridgehead atoms. The number of hydrogen-bond donors (Lipinski definition) is 0. The predicted molar refractivity (Wildman–Crippen MR) is 107 cm³/mol. The molecule has 0 heterocycles. The van der Waals surface area contributed by atoms with Gasteiger partial charge in [-0.1, -0.05) is 90.4 Å². The van der Waals surface area contributed by atoms with Crippen molar-refractivity contribution in [1.82, 2.24) is 4.90 Å². The van der Waals surface area contributed by atoms with Crippen molar-refractivity contribution in [2.45, 2.75) is 96.8 Å². The maximum Gasteiger partial charge on any atom is 0.445 e. The monoisotopic (exact) mass is 341 g/mol. The van der Waals surface area contributed by atoms with Crippen LogP contribution >= 0.6 is 0 Å². The Morgan fingerprint density at radius 2 is 1.04 bits per heavy atom. The first-order valence-electron chi connectivity index (χ1n) is 10.4. The first-order valence-corrected chi connectivity index (χ1v) is 10.4. The van der Waals surface area contributed by atoms with E-state index in [1.807, 2.05) is 37.7 Å². The van der Waals surface area contributed by atoms with E-state index < -0.39 is 0 Å². The van der Waals surface area contributed by atoms with Crippen LogP contribution in [-0.2, 0) is 4.74 Å². The van der Waals surface area contributed by atoms with Gasteiger partial charge in [-0.3, -0.25) is 0 Å². The van der Waals surface area contributed by atoms with Crippen LogP contribution in [0, 0.1) is 0 Å². The molecule has 0 aliphatic rings. The molecule has 3 nitrogen and oxygen atoms in total. The topological polar surface area (TPSA) is 15.5 Å². The lowest BCUT2D eigenvalue weighted by molar-refractivity contribution is -0.480. The summed E-state index contributed by atoms with van der Waals surface area (Å²) in [5.41, 5.74) is 0. The smallest absolute Gasteiger partial charge is 0.432 e. The summed E-state index contributed by atoms with van der Waals surface area (Å²) in [5, 5.41) is 0. The maximum absolute atomic E-state index is 5.84. The summed E-state index contributed by atoms with van der Waals surface area (Å²) in [6.45, 7) is 3.13. The van der Waals surface area contributed by atoms with Crippen LogP contribution in [0.3, 0.4) is 0 Å². The van der Waals surface area contributed by atoms with Crippen LogP contribution < -0.4 is 0 Å². The molecular weight excluding hydrogens is 296 g/mol. The molecule has 0 rings (SSSR count). The SMILES string of the molecule is CCCCCCCCCCCCCCCCOC(N(C)C)=[N+](C)C. The third kappa shape index (κ3) is 14.8. The van der Waals surface area contributed by atoms with Crippen molar-refractivity contribution in [2.75, 3.05) is 34.8 Å². The number of nitrogens with zero attached hydrogens (tertiary/aromatic N) is 2. The predicted octanol–water partition coefficient (Wildman–Crippen LogP) is 5.67. The summed E-state index contributed by atoms with van der Waals surface area (Å²) in [5.74, 6) is 0. The fourth-order valence-corrected chi connectivity index (χ4v) is 3.12. The van der Waals surface area contributed by atoms with Crippen LogP contribution in [0.2, 0.25) is 0 Å². The Bertz CT molecular complexity index is 296. The zero-order valence-electron chi connectivity index (χ0n) is 17.4. The van der Waals surface area contributed by atoms with Crippen LogP contribution in [0.25, 0.3) is 0 Å². The molecule has 0 radical (unpaired) electrons. The van der Waals surface area contributed by atoms with Crippen molar-refractivity contribution in [3.05, 3.63) is 0 Å². The van der Waals surface area contributed by atoms with Gasteiger partial charge in [0, 0.05) is 0 Å². The molecule has 0 amide bonds. The molecule has 0 aromatic carbocycles. The molecule has 24 heavy (non-hydrogen) atoms. The van der Waals surface area contributed by atoms with E-state index in [2.05, 4.69) is 6.92 Å². The maximum atomic E-state index is 5.84. The van der Waals surface area contributed by atoms with Crippen LogP contribution in [0.1, 0.15) is 96.8 Å². The third-order valence-corrected chi connectivity index (χ3v) is 4.49. The van der Waals surface area contributed by atoms with Crippen LogP contribution in [0.5, 0.6) is 0 Å². The second-order valence-corrected chi connectivity index (χ2v) is 7.52. The zero-order chi connectivity index (χ0) is 18.0. The second-order valence-electron chi connectivity index (χ2n) is 7.52. The molecular formula is C21H45N2O+. The van der Waals surface area contributed by atoms with Gasteiger partial charge in [-0.25, -0.2) is 9.48 Å². The molecule has 0 fully saturated rings. The molecule has 0 aliphatic heterocycles. The van der Waals surface area contributed by atoms with E-state index in [-0.39, 0.29) is 0 Å². The van der Waals surface area contributed by atoms with Crippen LogP contribution in [0.4, 0.5) is 0 Å². The molecule has 0 spiro atoms. The van der Waals surface area contributed by atoms with Crippen molar-refractivity contribution >= 4 is 6.02 Å². The normalized spacial score (nSPS) is 10.7. The fourth-order valence-electron chi connectivity index (χ4n) is 3.12. The van der Waals surface area contributed by atoms with Crippen molar-refractivity contribution in [3.63, 3.8) is 0 Å². The number of unbranched alkanes of at least 4 members (excludes halogenated alkanes) is 13. The van der Waals surface area contributed by atoms with Gasteiger partial charge in [0.1, 0.15) is 0 Å². The molecule has 0 aliphatic carbocycles. The largest absolute Gasteiger partial charge is 0.445 e. The lowest BCUT2D eigenvalue weighted by Gasteiger charge is -2.11. The average Bonchev–Trinajstić information content (AvgIpc) is 2.53. The van der Waals surface area contributed by atoms with Crippen molar-refractivity contribution < 1.29 is 9.31 Å². The molecule has 0 unspecified atom stereocenters. The highest BCUT2D eigenvalue weighted by Gasteiger charge is 2.12. The standard InChI is InChI=1S/C21H45N2O/c1-6-7-8-9-10-11-12-13-14-15-16-17-18-19-20-24-21(22(2)3)23(4)5/h6-20H2,1-5H3/q+1. The Kier molecular flexibility index (Phi) is 16.6. The molecule has 0 saturated carbocycles. The molecule has 0 N–H and O–H groups in total. The minimum Gasteiger partial charge on any atom is -0.432 e. The van der Waals surface area contributed by atoms with Crippen molar-refractivity contribution in [3.8, 4) is 0 Å². The first-order chi connectivity index (χ1) is 11.6. The Balaban J connectivity index is 3.25. The lowest BCUT2D eigenvalue weighted by atomic mass is 10.0. The van der Waals surface area contributed by atoms with Gasteiger partial charge in [-0.2, -0.15) is 0 Å². The summed E-state index contributed by atoms with van der Waals surface area (Å²) in [4.78, 5) is 2.03. The number of amidine groups is 1. The highest BCUT2D eigenvalue weighted by molar-refractivity contribution is 5.67. The quantitative estimate of drug-likeness (QED) is 0.165. The van der Waals surface area contributed by atoms with E-state index in [9.17, 15) is 0 Å². The van der Waals surface area contributed by atoms with E-state index in [0.717, 1.165) is 12.6 Å².